The highest BCUT2D eigenvalue weighted by Gasteiger charge is 2.22. The van der Waals surface area contributed by atoms with Gasteiger partial charge in [-0.05, 0) is 25.5 Å². The minimum absolute atomic E-state index is 0. The van der Waals surface area contributed by atoms with E-state index in [4.69, 9.17) is 4.74 Å². The zero-order valence-electron chi connectivity index (χ0n) is 15.2. The molecule has 1 aliphatic rings. The first-order chi connectivity index (χ1) is 11.6. The van der Waals surface area contributed by atoms with E-state index in [1.165, 1.54) is 16.8 Å². The zero-order valence-corrected chi connectivity index (χ0v) is 17.5. The van der Waals surface area contributed by atoms with Crippen LogP contribution in [0.1, 0.15) is 22.5 Å². The molecule has 25 heavy (non-hydrogen) atoms. The lowest BCUT2D eigenvalue weighted by Crippen LogP contribution is -2.42. The van der Waals surface area contributed by atoms with Gasteiger partial charge in [-0.25, -0.2) is 0 Å². The third kappa shape index (κ3) is 4.45. The van der Waals surface area contributed by atoms with E-state index < -0.39 is 0 Å². The monoisotopic (exact) mass is 455 g/mol. The lowest BCUT2D eigenvalue weighted by molar-refractivity contribution is 0.235. The summed E-state index contributed by atoms with van der Waals surface area (Å²) in [6.45, 7) is 5.54. The SMILES string of the molecule is CN=C(NCc1c(C)nn(C)c1C)NCC1Cc2ccccc2O1.I. The highest BCUT2D eigenvalue weighted by molar-refractivity contribution is 14.0. The maximum absolute atomic E-state index is 5.95. The maximum atomic E-state index is 5.95. The van der Waals surface area contributed by atoms with Gasteiger partial charge in [0.15, 0.2) is 5.96 Å². The van der Waals surface area contributed by atoms with Crippen molar-refractivity contribution in [2.75, 3.05) is 13.6 Å². The van der Waals surface area contributed by atoms with Crippen LogP contribution in [0.5, 0.6) is 5.75 Å². The molecule has 1 aliphatic heterocycles. The molecule has 0 aliphatic carbocycles. The second-order valence-electron chi connectivity index (χ2n) is 6.13. The van der Waals surface area contributed by atoms with Crippen molar-refractivity contribution in [1.29, 1.82) is 0 Å². The number of nitrogens with one attached hydrogen (secondary N) is 2. The summed E-state index contributed by atoms with van der Waals surface area (Å²) in [5.74, 6) is 1.77. The predicted molar refractivity (Wildman–Crippen MR) is 111 cm³/mol. The third-order valence-electron chi connectivity index (χ3n) is 4.53. The molecule has 0 bridgehead atoms. The van der Waals surface area contributed by atoms with Gasteiger partial charge >= 0.3 is 0 Å². The topological polar surface area (TPSA) is 63.5 Å². The van der Waals surface area contributed by atoms with Crippen molar-refractivity contribution in [2.24, 2.45) is 12.0 Å². The van der Waals surface area contributed by atoms with E-state index in [9.17, 15) is 0 Å². The molecule has 7 heteroatoms. The summed E-state index contributed by atoms with van der Waals surface area (Å²) < 4.78 is 7.86. The molecule has 6 nitrogen and oxygen atoms in total. The smallest absolute Gasteiger partial charge is 0.191 e. The van der Waals surface area contributed by atoms with Crippen LogP contribution in [0.15, 0.2) is 29.3 Å². The average Bonchev–Trinajstić information content (AvgIpc) is 3.09. The normalized spacial score (nSPS) is 16.0. The van der Waals surface area contributed by atoms with Gasteiger partial charge in [0.1, 0.15) is 11.9 Å². The largest absolute Gasteiger partial charge is 0.488 e. The van der Waals surface area contributed by atoms with Crippen molar-refractivity contribution in [1.82, 2.24) is 20.4 Å². The van der Waals surface area contributed by atoms with Crippen molar-refractivity contribution < 1.29 is 4.74 Å². The van der Waals surface area contributed by atoms with E-state index in [2.05, 4.69) is 39.8 Å². The van der Waals surface area contributed by atoms with Crippen LogP contribution in [-0.2, 0) is 20.0 Å². The van der Waals surface area contributed by atoms with Crippen molar-refractivity contribution in [3.8, 4) is 5.75 Å². The Morgan fingerprint density at radius 2 is 2.08 bits per heavy atom. The minimum atomic E-state index is 0. The molecule has 0 saturated carbocycles. The summed E-state index contributed by atoms with van der Waals surface area (Å²) >= 11 is 0. The third-order valence-corrected chi connectivity index (χ3v) is 4.53. The number of ether oxygens (including phenoxy) is 1. The number of guanidine groups is 1. The van der Waals surface area contributed by atoms with Gasteiger partial charge < -0.3 is 15.4 Å². The van der Waals surface area contributed by atoms with Gasteiger partial charge in [-0.1, -0.05) is 18.2 Å². The molecular formula is C18H26IN5O. The standard InChI is InChI=1S/C18H25N5O.HI/c1-12-16(13(2)23(4)22-12)11-21-18(19-3)20-10-15-9-14-7-5-6-8-17(14)24-15;/h5-8,15H,9-11H2,1-4H3,(H2,19,20,21);1H. The Kier molecular flexibility index (Phi) is 6.69. The van der Waals surface area contributed by atoms with E-state index in [1.807, 2.05) is 30.8 Å². The van der Waals surface area contributed by atoms with E-state index in [0.717, 1.165) is 30.4 Å². The van der Waals surface area contributed by atoms with Crippen molar-refractivity contribution in [3.05, 3.63) is 46.8 Å². The number of rotatable bonds is 4. The van der Waals surface area contributed by atoms with E-state index >= 15 is 0 Å². The second-order valence-corrected chi connectivity index (χ2v) is 6.13. The Morgan fingerprint density at radius 3 is 2.72 bits per heavy atom. The first-order valence-electron chi connectivity index (χ1n) is 8.26. The van der Waals surface area contributed by atoms with E-state index in [0.29, 0.717) is 6.54 Å². The molecule has 2 aromatic rings. The lowest BCUT2D eigenvalue weighted by Gasteiger charge is -2.15. The first kappa shape index (κ1) is 19.6. The van der Waals surface area contributed by atoms with Gasteiger partial charge in [0.05, 0.1) is 12.2 Å². The summed E-state index contributed by atoms with van der Waals surface area (Å²) in [4.78, 5) is 4.29. The molecule has 2 N–H and O–H groups in total. The molecule has 1 atom stereocenters. The Balaban J connectivity index is 0.00000225. The second kappa shape index (κ2) is 8.55. The molecule has 2 heterocycles. The summed E-state index contributed by atoms with van der Waals surface area (Å²) in [6.07, 6.45) is 1.07. The Bertz CT molecular complexity index is 731. The quantitative estimate of drug-likeness (QED) is 0.422. The number of aromatic nitrogens is 2. The molecule has 1 aromatic heterocycles. The van der Waals surface area contributed by atoms with Crippen LogP contribution < -0.4 is 15.4 Å². The number of hydrogen-bond donors (Lipinski definition) is 2. The van der Waals surface area contributed by atoms with E-state index in [1.54, 1.807) is 7.05 Å². The first-order valence-corrected chi connectivity index (χ1v) is 8.26. The van der Waals surface area contributed by atoms with Gasteiger partial charge in [0.25, 0.3) is 0 Å². The lowest BCUT2D eigenvalue weighted by atomic mass is 10.1. The summed E-state index contributed by atoms with van der Waals surface area (Å²) in [5, 5.41) is 11.1. The number of aliphatic imine (C=N–C) groups is 1. The summed E-state index contributed by atoms with van der Waals surface area (Å²) in [5.41, 5.74) is 4.70. The summed E-state index contributed by atoms with van der Waals surface area (Å²) in [6, 6.07) is 8.21. The van der Waals surface area contributed by atoms with Crippen LogP contribution in [0, 0.1) is 13.8 Å². The van der Waals surface area contributed by atoms with Gasteiger partial charge in [0, 0.05) is 38.3 Å². The number of hydrogen-bond acceptors (Lipinski definition) is 3. The number of aryl methyl sites for hydroxylation is 2. The molecule has 0 fully saturated rings. The minimum Gasteiger partial charge on any atom is -0.488 e. The predicted octanol–water partition coefficient (Wildman–Crippen LogP) is 2.32. The van der Waals surface area contributed by atoms with Gasteiger partial charge in [-0.2, -0.15) is 5.10 Å². The Hall–Kier alpha value is -1.77. The van der Waals surface area contributed by atoms with Crippen molar-refractivity contribution in [3.63, 3.8) is 0 Å². The number of benzene rings is 1. The fourth-order valence-electron chi connectivity index (χ4n) is 3.04. The average molecular weight is 455 g/mol. The van der Waals surface area contributed by atoms with Crippen molar-refractivity contribution in [2.45, 2.75) is 32.9 Å². The molecule has 136 valence electrons. The highest BCUT2D eigenvalue weighted by atomic mass is 127. The van der Waals surface area contributed by atoms with Crippen LogP contribution in [0.3, 0.4) is 0 Å². The Morgan fingerprint density at radius 1 is 1.32 bits per heavy atom. The van der Waals surface area contributed by atoms with E-state index in [-0.39, 0.29) is 30.1 Å². The molecule has 0 amide bonds. The molecule has 1 unspecified atom stereocenters. The van der Waals surface area contributed by atoms with Gasteiger partial charge in [0.2, 0.25) is 0 Å². The van der Waals surface area contributed by atoms with Gasteiger partial charge in [-0.3, -0.25) is 9.67 Å². The van der Waals surface area contributed by atoms with Crippen LogP contribution in [0.2, 0.25) is 0 Å². The number of halogens is 1. The van der Waals surface area contributed by atoms with Crippen LogP contribution >= 0.6 is 24.0 Å². The molecule has 1 aromatic carbocycles. The molecular weight excluding hydrogens is 429 g/mol. The molecule has 0 radical (unpaired) electrons. The van der Waals surface area contributed by atoms with Crippen molar-refractivity contribution >= 4 is 29.9 Å². The Labute approximate surface area is 166 Å². The maximum Gasteiger partial charge on any atom is 0.191 e. The molecule has 0 spiro atoms. The van der Waals surface area contributed by atoms with Crippen LogP contribution in [-0.4, -0.2) is 35.4 Å². The van der Waals surface area contributed by atoms with Crippen LogP contribution in [0.25, 0.3) is 0 Å². The number of para-hydroxylation sites is 1. The molecule has 3 rings (SSSR count). The number of nitrogens with zero attached hydrogens (tertiary/aromatic N) is 3. The fourth-order valence-corrected chi connectivity index (χ4v) is 3.04. The molecule has 0 saturated heterocycles. The van der Waals surface area contributed by atoms with Crippen LogP contribution in [0.4, 0.5) is 0 Å². The number of fused-ring (bicyclic) bond motifs is 1. The summed E-state index contributed by atoms with van der Waals surface area (Å²) in [7, 11) is 3.75. The highest BCUT2D eigenvalue weighted by Crippen LogP contribution is 2.27. The fraction of sp³-hybridized carbons (Fsp3) is 0.444. The van der Waals surface area contributed by atoms with Gasteiger partial charge in [-0.15, -0.1) is 24.0 Å². The zero-order chi connectivity index (χ0) is 17.1.